The van der Waals surface area contributed by atoms with Gasteiger partial charge in [-0.15, -0.1) is 0 Å². The molecule has 0 saturated heterocycles. The molecule has 0 heterocycles. The van der Waals surface area contributed by atoms with Crippen molar-refractivity contribution in [3.05, 3.63) is 11.6 Å². The Morgan fingerprint density at radius 3 is 2.26 bits per heavy atom. The molecule has 0 aromatic heterocycles. The fourth-order valence-corrected chi connectivity index (χ4v) is 19.1. The second kappa shape index (κ2) is 17.9. The summed E-state index contributed by atoms with van der Waals surface area (Å²) in [7, 11) is -3.81. The molecule has 7 saturated carbocycles. The zero-order valence-corrected chi connectivity index (χ0v) is 41.1. The van der Waals surface area contributed by atoms with Gasteiger partial charge in [0, 0.05) is 13.0 Å². The minimum Gasteiger partial charge on any atom is -0.393 e. The van der Waals surface area contributed by atoms with Gasteiger partial charge in [0.25, 0.3) is 10.1 Å². The molecule has 0 spiro atoms. The van der Waals surface area contributed by atoms with Crippen LogP contribution in [0.5, 0.6) is 0 Å². The van der Waals surface area contributed by atoms with Crippen LogP contribution in [0.15, 0.2) is 11.6 Å². The average molecular weight is 884 g/mol. The van der Waals surface area contributed by atoms with Crippen LogP contribution in [0.2, 0.25) is 0 Å². The zero-order chi connectivity index (χ0) is 44.6. The van der Waals surface area contributed by atoms with Gasteiger partial charge in [-0.05, 0) is 195 Å². The van der Waals surface area contributed by atoms with E-state index < -0.39 is 22.3 Å². The molecule has 0 radical (unpaired) electrons. The number of amides is 1. The lowest BCUT2D eigenvalue weighted by Gasteiger charge is -2.63. The standard InChI is InChI=1S/C53H89NO7S/c1-32(2)10-9-11-33(3)40-15-17-42-39-14-13-35-29-38(21-24-50(35,5)43(39)22-25-52(40,42)7)61-62(59,60)27-26-54-48(58)19-12-34(4)41-16-18-44-49-45(31-47(57)53(41,44)8)51(6)23-20-37(55)28-36(51)30-46(49)56/h13,32-34,36-47,49,55-57H,9-12,14-31H2,1-8H3,(H,54,58)/t33-,34-,36?,37-,38?,39+,40-,41-,42+,43+,44?,45?,46-,47+,49?,50+,51+,52-,53-/m1/s1. The zero-order valence-electron chi connectivity index (χ0n) is 40.3. The number of rotatable bonds is 14. The number of fused-ring (bicyclic) bond motifs is 10. The number of aliphatic hydroxyl groups is 3. The van der Waals surface area contributed by atoms with Crippen LogP contribution in [-0.4, -0.2) is 66.4 Å². The summed E-state index contributed by atoms with van der Waals surface area (Å²) in [6.45, 7) is 19.2. The van der Waals surface area contributed by atoms with Crippen LogP contribution < -0.4 is 5.32 Å². The Kier molecular flexibility index (Phi) is 13.7. The molecule has 19 atom stereocenters. The molecule has 0 bridgehead atoms. The SMILES string of the molecule is CC(C)CCC[C@@H](C)[C@H]1CC[C@H]2[C@@H]3CC=C4CC(OS(=O)(=O)CCNC(=O)CC[C@@H](C)[C@H]5CCC6C7C(C[C@H](O)[C@@]65C)[C@@]5(C)CC[C@@H](O)CC5C[C@H]7O)CC[C@]4(C)[C@H]3CC[C@]12C. The van der Waals surface area contributed by atoms with E-state index in [1.54, 1.807) is 0 Å². The molecule has 354 valence electrons. The van der Waals surface area contributed by atoms with Gasteiger partial charge < -0.3 is 20.6 Å². The van der Waals surface area contributed by atoms with Crippen molar-refractivity contribution < 1.29 is 32.7 Å². The Morgan fingerprint density at radius 2 is 1.50 bits per heavy atom. The molecule has 0 aromatic rings. The van der Waals surface area contributed by atoms with Crippen LogP contribution in [-0.2, 0) is 19.1 Å². The van der Waals surface area contributed by atoms with Crippen LogP contribution in [0, 0.1) is 92.7 Å². The highest BCUT2D eigenvalue weighted by Gasteiger charge is 2.66. The van der Waals surface area contributed by atoms with Gasteiger partial charge in [0.05, 0.1) is 30.2 Å². The first-order valence-corrected chi connectivity index (χ1v) is 27.7. The van der Waals surface area contributed by atoms with E-state index in [1.165, 1.54) is 50.5 Å². The lowest BCUT2D eigenvalue weighted by Crippen LogP contribution is -2.62. The second-order valence-corrected chi connectivity index (χ2v) is 26.6. The summed E-state index contributed by atoms with van der Waals surface area (Å²) in [6, 6.07) is 0. The highest BCUT2D eigenvalue weighted by molar-refractivity contribution is 7.86. The maximum atomic E-state index is 13.3. The smallest absolute Gasteiger partial charge is 0.269 e. The molecule has 4 N–H and O–H groups in total. The van der Waals surface area contributed by atoms with Crippen molar-refractivity contribution in [1.82, 2.24) is 5.32 Å². The van der Waals surface area contributed by atoms with E-state index in [2.05, 4.69) is 66.8 Å². The predicted molar refractivity (Wildman–Crippen MR) is 247 cm³/mol. The van der Waals surface area contributed by atoms with Gasteiger partial charge in [-0.2, -0.15) is 8.42 Å². The van der Waals surface area contributed by atoms with Gasteiger partial charge in [0.15, 0.2) is 0 Å². The minimum atomic E-state index is -3.81. The molecule has 9 heteroatoms. The van der Waals surface area contributed by atoms with Gasteiger partial charge in [0.2, 0.25) is 5.91 Å². The number of aliphatic hydroxyl groups excluding tert-OH is 3. The molecular formula is C53H89NO7S. The summed E-state index contributed by atoms with van der Waals surface area (Å²) in [5, 5.41) is 36.9. The third kappa shape index (κ3) is 8.48. The van der Waals surface area contributed by atoms with Gasteiger partial charge in [-0.25, -0.2) is 0 Å². The second-order valence-electron chi connectivity index (χ2n) is 24.9. The van der Waals surface area contributed by atoms with E-state index in [4.69, 9.17) is 4.18 Å². The van der Waals surface area contributed by atoms with Crippen LogP contribution >= 0.6 is 0 Å². The lowest BCUT2D eigenvalue weighted by atomic mass is 9.43. The first-order chi connectivity index (χ1) is 29.2. The Bertz CT molecular complexity index is 1750. The maximum Gasteiger partial charge on any atom is 0.269 e. The highest BCUT2D eigenvalue weighted by atomic mass is 32.2. The molecule has 8 aliphatic rings. The largest absolute Gasteiger partial charge is 0.393 e. The molecule has 8 rings (SSSR count). The summed E-state index contributed by atoms with van der Waals surface area (Å²) in [5.41, 5.74) is 1.75. The van der Waals surface area contributed by atoms with Crippen LogP contribution in [0.25, 0.3) is 0 Å². The van der Waals surface area contributed by atoms with E-state index in [-0.39, 0.29) is 76.2 Å². The van der Waals surface area contributed by atoms with E-state index in [9.17, 15) is 28.5 Å². The maximum absolute atomic E-state index is 13.3. The summed E-state index contributed by atoms with van der Waals surface area (Å²) in [4.78, 5) is 13.1. The number of carbonyl (C=O) groups excluding carboxylic acids is 1. The van der Waals surface area contributed by atoms with E-state index >= 15 is 0 Å². The third-order valence-corrected chi connectivity index (χ3v) is 22.8. The number of hydrogen-bond acceptors (Lipinski definition) is 7. The van der Waals surface area contributed by atoms with Gasteiger partial charge in [-0.1, -0.05) is 86.3 Å². The first kappa shape index (κ1) is 47.5. The number of nitrogens with one attached hydrogen (secondary N) is 1. The summed E-state index contributed by atoms with van der Waals surface area (Å²) >= 11 is 0. The van der Waals surface area contributed by atoms with E-state index in [0.717, 1.165) is 87.4 Å². The van der Waals surface area contributed by atoms with Crippen LogP contribution in [0.3, 0.4) is 0 Å². The Balaban J connectivity index is 0.792. The fraction of sp³-hybridized carbons (Fsp3) is 0.943. The lowest BCUT2D eigenvalue weighted by molar-refractivity contribution is -0.207. The summed E-state index contributed by atoms with van der Waals surface area (Å²) in [5.74, 6) is 5.74. The molecule has 0 aromatic carbocycles. The molecule has 5 unspecified atom stereocenters. The van der Waals surface area contributed by atoms with Crippen LogP contribution in [0.4, 0.5) is 0 Å². The van der Waals surface area contributed by atoms with Gasteiger partial charge >= 0.3 is 0 Å². The van der Waals surface area contributed by atoms with Crippen LogP contribution in [0.1, 0.15) is 184 Å². The van der Waals surface area contributed by atoms with E-state index in [0.29, 0.717) is 42.9 Å². The van der Waals surface area contributed by atoms with E-state index in [1.807, 2.05) is 0 Å². The quantitative estimate of drug-likeness (QED) is 0.101. The number of hydrogen-bond donors (Lipinski definition) is 4. The Hall–Kier alpha value is -1.00. The molecule has 62 heavy (non-hydrogen) atoms. The minimum absolute atomic E-state index is 0.0452. The monoisotopic (exact) mass is 884 g/mol. The fourth-order valence-electron chi connectivity index (χ4n) is 18.1. The van der Waals surface area contributed by atoms with Gasteiger partial charge in [0.1, 0.15) is 0 Å². The topological polar surface area (TPSA) is 133 Å². The first-order valence-electron chi connectivity index (χ1n) is 26.1. The van der Waals surface area contributed by atoms with Crippen molar-refractivity contribution in [2.24, 2.45) is 92.7 Å². The molecule has 1 amide bonds. The van der Waals surface area contributed by atoms with Crippen molar-refractivity contribution in [2.45, 2.75) is 208 Å². The highest BCUT2D eigenvalue weighted by Crippen LogP contribution is 2.70. The average Bonchev–Trinajstić information content (AvgIpc) is 3.75. The van der Waals surface area contributed by atoms with Crippen molar-refractivity contribution in [1.29, 1.82) is 0 Å². The third-order valence-electron chi connectivity index (χ3n) is 21.6. The Labute approximate surface area is 377 Å². The molecule has 8 nitrogen and oxygen atoms in total. The van der Waals surface area contributed by atoms with Crippen molar-refractivity contribution in [3.63, 3.8) is 0 Å². The normalized spacial score (nSPS) is 47.2. The van der Waals surface area contributed by atoms with Crippen molar-refractivity contribution >= 4 is 16.0 Å². The molecular weight excluding hydrogens is 795 g/mol. The summed E-state index contributed by atoms with van der Waals surface area (Å²) < 4.78 is 32.6. The molecule has 7 fully saturated rings. The van der Waals surface area contributed by atoms with Crippen molar-refractivity contribution in [2.75, 3.05) is 12.3 Å². The molecule has 8 aliphatic carbocycles. The van der Waals surface area contributed by atoms with Crippen molar-refractivity contribution in [3.8, 4) is 0 Å². The summed E-state index contributed by atoms with van der Waals surface area (Å²) in [6.07, 6.45) is 21.0. The predicted octanol–water partition coefficient (Wildman–Crippen LogP) is 10.2. The number of carbonyl (C=O) groups is 1. The number of allylic oxidation sites excluding steroid dienone is 1. The molecule has 0 aliphatic heterocycles. The Morgan fingerprint density at radius 1 is 0.790 bits per heavy atom. The van der Waals surface area contributed by atoms with Gasteiger partial charge in [-0.3, -0.25) is 8.98 Å².